The topological polar surface area (TPSA) is 52.6 Å². The van der Waals surface area contributed by atoms with Crippen molar-refractivity contribution in [2.24, 2.45) is 0 Å². The standard InChI is InChI=1S/C9H17O4P/c1-4-12-14(11,13-5-2)7-6-9(3)8-10/h6,8H,4-5,7H2,1-3H3. The molecule has 0 aliphatic carbocycles. The monoisotopic (exact) mass is 220 g/mol. The highest BCUT2D eigenvalue weighted by Crippen LogP contribution is 2.47. The number of hydrogen-bond acceptors (Lipinski definition) is 4. The van der Waals surface area contributed by atoms with Crippen LogP contribution in [0.5, 0.6) is 0 Å². The van der Waals surface area contributed by atoms with Crippen molar-refractivity contribution in [1.82, 2.24) is 0 Å². The first-order valence-corrected chi connectivity index (χ1v) is 6.30. The molecule has 0 aromatic rings. The summed E-state index contributed by atoms with van der Waals surface area (Å²) in [4.78, 5) is 10.3. The summed E-state index contributed by atoms with van der Waals surface area (Å²) >= 11 is 0. The average molecular weight is 220 g/mol. The van der Waals surface area contributed by atoms with Crippen LogP contribution in [0, 0.1) is 0 Å². The van der Waals surface area contributed by atoms with Gasteiger partial charge in [0.2, 0.25) is 0 Å². The van der Waals surface area contributed by atoms with Crippen LogP contribution in [-0.4, -0.2) is 25.7 Å². The molecule has 0 saturated carbocycles. The number of rotatable bonds is 7. The van der Waals surface area contributed by atoms with Crippen LogP contribution in [0.1, 0.15) is 20.8 Å². The van der Waals surface area contributed by atoms with E-state index in [9.17, 15) is 9.36 Å². The van der Waals surface area contributed by atoms with Crippen LogP contribution < -0.4 is 0 Å². The highest BCUT2D eigenvalue weighted by atomic mass is 31.2. The second-order valence-electron chi connectivity index (χ2n) is 2.70. The van der Waals surface area contributed by atoms with Gasteiger partial charge < -0.3 is 9.05 Å². The van der Waals surface area contributed by atoms with Crippen molar-refractivity contribution in [2.75, 3.05) is 19.4 Å². The molecule has 0 bridgehead atoms. The molecule has 14 heavy (non-hydrogen) atoms. The first-order valence-electron chi connectivity index (χ1n) is 4.58. The lowest BCUT2D eigenvalue weighted by Crippen LogP contribution is -1.99. The minimum Gasteiger partial charge on any atom is -0.309 e. The second kappa shape index (κ2) is 6.93. The molecule has 0 unspecified atom stereocenters. The lowest BCUT2D eigenvalue weighted by Gasteiger charge is -2.14. The molecule has 0 heterocycles. The minimum atomic E-state index is -3.02. The van der Waals surface area contributed by atoms with Crippen LogP contribution >= 0.6 is 7.60 Å². The van der Waals surface area contributed by atoms with E-state index in [1.54, 1.807) is 26.8 Å². The zero-order chi connectivity index (χ0) is 11.0. The fourth-order valence-corrected chi connectivity index (χ4v) is 2.42. The van der Waals surface area contributed by atoms with Gasteiger partial charge in [-0.25, -0.2) is 0 Å². The molecule has 4 nitrogen and oxygen atoms in total. The van der Waals surface area contributed by atoms with Gasteiger partial charge >= 0.3 is 7.60 Å². The van der Waals surface area contributed by atoms with Crippen LogP contribution in [0.2, 0.25) is 0 Å². The van der Waals surface area contributed by atoms with Crippen molar-refractivity contribution in [1.29, 1.82) is 0 Å². The Bertz CT molecular complexity index is 237. The van der Waals surface area contributed by atoms with Crippen molar-refractivity contribution < 1.29 is 18.4 Å². The quantitative estimate of drug-likeness (QED) is 0.375. The first kappa shape index (κ1) is 13.6. The molecule has 0 aromatic carbocycles. The van der Waals surface area contributed by atoms with Crippen LogP contribution in [0.4, 0.5) is 0 Å². The molecule has 0 amide bonds. The van der Waals surface area contributed by atoms with E-state index in [0.717, 1.165) is 0 Å². The molecular formula is C9H17O4P. The third-order valence-corrected chi connectivity index (χ3v) is 3.41. The van der Waals surface area contributed by atoms with E-state index in [1.165, 1.54) is 0 Å². The molecule has 0 rings (SSSR count). The maximum atomic E-state index is 11.8. The summed E-state index contributed by atoms with van der Waals surface area (Å²) in [5.74, 6) is 0. The summed E-state index contributed by atoms with van der Waals surface area (Å²) in [6.07, 6.45) is 2.43. The normalized spacial score (nSPS) is 12.9. The third-order valence-electron chi connectivity index (χ3n) is 1.47. The molecule has 0 radical (unpaired) electrons. The van der Waals surface area contributed by atoms with Crippen molar-refractivity contribution in [2.45, 2.75) is 20.8 Å². The molecule has 0 fully saturated rings. The predicted octanol–water partition coefficient (Wildman–Crippen LogP) is 2.40. The molecule has 5 heteroatoms. The van der Waals surface area contributed by atoms with Gasteiger partial charge in [-0.2, -0.15) is 0 Å². The van der Waals surface area contributed by atoms with Crippen molar-refractivity contribution in [3.63, 3.8) is 0 Å². The zero-order valence-corrected chi connectivity index (χ0v) is 9.75. The number of hydrogen-bond donors (Lipinski definition) is 0. The SMILES string of the molecule is CCOP(=O)(CC=C(C)C=O)OCC. The molecule has 0 aromatic heterocycles. The molecule has 0 saturated heterocycles. The summed E-state index contributed by atoms with van der Waals surface area (Å²) < 4.78 is 21.9. The summed E-state index contributed by atoms with van der Waals surface area (Å²) in [7, 11) is -3.02. The van der Waals surface area contributed by atoms with Gasteiger partial charge in [0.05, 0.1) is 19.4 Å². The van der Waals surface area contributed by atoms with E-state index >= 15 is 0 Å². The van der Waals surface area contributed by atoms with Gasteiger partial charge in [0, 0.05) is 0 Å². The Morgan fingerprint density at radius 1 is 1.29 bits per heavy atom. The number of aldehydes is 1. The van der Waals surface area contributed by atoms with Gasteiger partial charge in [-0.15, -0.1) is 0 Å². The van der Waals surface area contributed by atoms with E-state index in [2.05, 4.69) is 0 Å². The Morgan fingerprint density at radius 2 is 1.79 bits per heavy atom. The molecular weight excluding hydrogens is 203 g/mol. The van der Waals surface area contributed by atoms with Gasteiger partial charge in [-0.1, -0.05) is 6.08 Å². The highest BCUT2D eigenvalue weighted by molar-refractivity contribution is 7.54. The van der Waals surface area contributed by atoms with Crippen molar-refractivity contribution >= 4 is 13.9 Å². The number of allylic oxidation sites excluding steroid dienone is 2. The maximum Gasteiger partial charge on any atom is 0.334 e. The fourth-order valence-electron chi connectivity index (χ4n) is 0.840. The van der Waals surface area contributed by atoms with E-state index < -0.39 is 7.60 Å². The van der Waals surface area contributed by atoms with Crippen LogP contribution in [0.3, 0.4) is 0 Å². The fraction of sp³-hybridized carbons (Fsp3) is 0.667. The van der Waals surface area contributed by atoms with Gasteiger partial charge in [0.25, 0.3) is 0 Å². The molecule has 0 aliphatic rings. The highest BCUT2D eigenvalue weighted by Gasteiger charge is 2.21. The lowest BCUT2D eigenvalue weighted by atomic mass is 10.3. The predicted molar refractivity (Wildman–Crippen MR) is 55.5 cm³/mol. The molecule has 0 aliphatic heterocycles. The van der Waals surface area contributed by atoms with Crippen molar-refractivity contribution in [3.05, 3.63) is 11.6 Å². The van der Waals surface area contributed by atoms with Crippen LogP contribution in [0.15, 0.2) is 11.6 Å². The third kappa shape index (κ3) is 5.32. The summed E-state index contributed by atoms with van der Waals surface area (Å²) in [5.41, 5.74) is 0.532. The van der Waals surface area contributed by atoms with Crippen LogP contribution in [0.25, 0.3) is 0 Å². The van der Waals surface area contributed by atoms with Gasteiger partial charge in [0.15, 0.2) is 0 Å². The summed E-state index contributed by atoms with van der Waals surface area (Å²) in [5, 5.41) is 0. The largest absolute Gasteiger partial charge is 0.334 e. The average Bonchev–Trinajstić information content (AvgIpc) is 2.15. The van der Waals surface area contributed by atoms with Crippen LogP contribution in [-0.2, 0) is 18.4 Å². The Hall–Kier alpha value is -0.440. The lowest BCUT2D eigenvalue weighted by molar-refractivity contribution is -0.104. The molecule has 0 spiro atoms. The summed E-state index contributed by atoms with van der Waals surface area (Å²) in [6, 6.07) is 0. The van der Waals surface area contributed by atoms with E-state index in [-0.39, 0.29) is 6.16 Å². The molecule has 0 N–H and O–H groups in total. The molecule has 82 valence electrons. The minimum absolute atomic E-state index is 0.152. The van der Waals surface area contributed by atoms with Gasteiger partial charge in [0.1, 0.15) is 6.29 Å². The van der Waals surface area contributed by atoms with Gasteiger partial charge in [-0.05, 0) is 26.3 Å². The van der Waals surface area contributed by atoms with Crippen molar-refractivity contribution in [3.8, 4) is 0 Å². The summed E-state index contributed by atoms with van der Waals surface area (Å²) in [6.45, 7) is 5.83. The van der Waals surface area contributed by atoms with E-state index in [1.807, 2.05) is 0 Å². The Kier molecular flexibility index (Phi) is 6.71. The molecule has 0 atom stereocenters. The second-order valence-corrected chi connectivity index (χ2v) is 4.80. The first-order chi connectivity index (χ1) is 6.58. The smallest absolute Gasteiger partial charge is 0.309 e. The van der Waals surface area contributed by atoms with E-state index in [4.69, 9.17) is 9.05 Å². The Labute approximate surface area is 84.8 Å². The Balaban J connectivity index is 4.36. The van der Waals surface area contributed by atoms with Gasteiger partial charge in [-0.3, -0.25) is 9.36 Å². The Morgan fingerprint density at radius 3 is 2.14 bits per heavy atom. The zero-order valence-electron chi connectivity index (χ0n) is 8.86. The number of carbonyl (C=O) groups excluding carboxylic acids is 1. The number of carbonyl (C=O) groups is 1. The maximum absolute atomic E-state index is 11.8. The van der Waals surface area contributed by atoms with E-state index in [0.29, 0.717) is 25.1 Å².